The van der Waals surface area contributed by atoms with Gasteiger partial charge in [-0.1, -0.05) is 41.3 Å². The Kier molecular flexibility index (Phi) is 5.05. The number of carbonyl (C=O) groups excluding carboxylic acids is 1. The number of amides is 1. The van der Waals surface area contributed by atoms with Crippen molar-refractivity contribution in [3.63, 3.8) is 0 Å². The Labute approximate surface area is 152 Å². The summed E-state index contributed by atoms with van der Waals surface area (Å²) < 4.78 is 3.98. The lowest BCUT2D eigenvalue weighted by Gasteiger charge is -2.09. The molecule has 3 rings (SSSR count). The topological polar surface area (TPSA) is 81.8 Å². The maximum atomic E-state index is 12.8. The standard InChI is InChI=1S/C16H17N5O2S2/c1-10-13(18-14(22)11(2)25-16-19-17-9-24-16)15(23)21(20(10)3)12-7-5-4-6-8-12/h4-9,11H,1-3H3,(H,18,22)/t11-/m0/s1. The van der Waals surface area contributed by atoms with Crippen molar-refractivity contribution in [2.24, 2.45) is 7.05 Å². The van der Waals surface area contributed by atoms with Crippen molar-refractivity contribution in [1.82, 2.24) is 19.6 Å². The average Bonchev–Trinajstić information content (AvgIpc) is 3.18. The maximum Gasteiger partial charge on any atom is 0.295 e. The maximum absolute atomic E-state index is 12.8. The Morgan fingerprint density at radius 1 is 1.32 bits per heavy atom. The van der Waals surface area contributed by atoms with Gasteiger partial charge in [-0.25, -0.2) is 4.68 Å². The number of carbonyl (C=O) groups is 1. The molecule has 0 unspecified atom stereocenters. The Balaban J connectivity index is 1.86. The van der Waals surface area contributed by atoms with E-state index in [9.17, 15) is 9.59 Å². The van der Waals surface area contributed by atoms with E-state index in [1.807, 2.05) is 30.3 Å². The van der Waals surface area contributed by atoms with E-state index in [2.05, 4.69) is 15.5 Å². The SMILES string of the molecule is Cc1c(NC(=O)[C@H](C)Sc2nncs2)c(=O)n(-c2ccccc2)n1C. The number of aromatic nitrogens is 4. The largest absolute Gasteiger partial charge is 0.319 e. The fourth-order valence-electron chi connectivity index (χ4n) is 2.36. The van der Waals surface area contributed by atoms with Crippen LogP contribution in [0.25, 0.3) is 5.69 Å². The number of anilines is 1. The van der Waals surface area contributed by atoms with Crippen molar-refractivity contribution in [3.8, 4) is 5.69 Å². The van der Waals surface area contributed by atoms with Crippen LogP contribution in [0.2, 0.25) is 0 Å². The Morgan fingerprint density at radius 2 is 2.04 bits per heavy atom. The van der Waals surface area contributed by atoms with Crippen LogP contribution in [0.3, 0.4) is 0 Å². The van der Waals surface area contributed by atoms with Crippen LogP contribution in [0.15, 0.2) is 45.0 Å². The molecule has 1 amide bonds. The minimum atomic E-state index is -0.392. The highest BCUT2D eigenvalue weighted by Crippen LogP contribution is 2.25. The summed E-state index contributed by atoms with van der Waals surface area (Å²) in [6, 6.07) is 9.31. The van der Waals surface area contributed by atoms with Gasteiger partial charge in [-0.2, -0.15) is 0 Å². The van der Waals surface area contributed by atoms with Gasteiger partial charge in [0.15, 0.2) is 4.34 Å². The number of hydrogen-bond acceptors (Lipinski definition) is 6. The summed E-state index contributed by atoms with van der Waals surface area (Å²) in [7, 11) is 1.79. The number of benzene rings is 1. The third kappa shape index (κ3) is 3.52. The van der Waals surface area contributed by atoms with Gasteiger partial charge in [0.1, 0.15) is 11.2 Å². The Bertz CT molecular complexity index is 932. The zero-order chi connectivity index (χ0) is 18.0. The van der Waals surface area contributed by atoms with E-state index in [1.54, 1.807) is 31.1 Å². The van der Waals surface area contributed by atoms with Crippen LogP contribution in [0.1, 0.15) is 12.6 Å². The van der Waals surface area contributed by atoms with Crippen LogP contribution in [0.4, 0.5) is 5.69 Å². The molecular weight excluding hydrogens is 358 g/mol. The third-order valence-corrected chi connectivity index (χ3v) is 5.70. The van der Waals surface area contributed by atoms with Crippen LogP contribution in [-0.2, 0) is 11.8 Å². The zero-order valence-electron chi connectivity index (χ0n) is 14.0. The molecule has 0 spiro atoms. The van der Waals surface area contributed by atoms with E-state index in [0.29, 0.717) is 15.7 Å². The van der Waals surface area contributed by atoms with Crippen LogP contribution in [-0.4, -0.2) is 30.7 Å². The molecule has 3 aromatic rings. The van der Waals surface area contributed by atoms with E-state index in [-0.39, 0.29) is 11.5 Å². The Hall–Kier alpha value is -2.39. The van der Waals surface area contributed by atoms with E-state index < -0.39 is 5.25 Å². The first-order chi connectivity index (χ1) is 12.0. The highest BCUT2D eigenvalue weighted by molar-refractivity contribution is 8.02. The van der Waals surface area contributed by atoms with Gasteiger partial charge in [-0.3, -0.25) is 14.3 Å². The molecule has 0 aliphatic rings. The normalized spacial score (nSPS) is 12.1. The summed E-state index contributed by atoms with van der Waals surface area (Å²) >= 11 is 2.69. The summed E-state index contributed by atoms with van der Waals surface area (Å²) in [6.07, 6.45) is 0. The van der Waals surface area contributed by atoms with E-state index in [0.717, 1.165) is 5.69 Å². The lowest BCUT2D eigenvalue weighted by Crippen LogP contribution is -2.27. The summed E-state index contributed by atoms with van der Waals surface area (Å²) in [5.41, 5.74) is 3.09. The molecule has 1 aromatic carbocycles. The zero-order valence-corrected chi connectivity index (χ0v) is 15.6. The smallest absolute Gasteiger partial charge is 0.295 e. The number of thioether (sulfide) groups is 1. The van der Waals surface area contributed by atoms with Crippen molar-refractivity contribution < 1.29 is 4.79 Å². The molecule has 9 heteroatoms. The van der Waals surface area contributed by atoms with Gasteiger partial charge in [-0.05, 0) is 26.0 Å². The van der Waals surface area contributed by atoms with Crippen LogP contribution >= 0.6 is 23.1 Å². The van der Waals surface area contributed by atoms with Crippen molar-refractivity contribution in [3.05, 3.63) is 51.9 Å². The molecule has 1 N–H and O–H groups in total. The molecule has 0 saturated carbocycles. The summed E-state index contributed by atoms with van der Waals surface area (Å²) in [4.78, 5) is 25.3. The lowest BCUT2D eigenvalue weighted by atomic mass is 10.3. The highest BCUT2D eigenvalue weighted by Gasteiger charge is 2.22. The summed E-state index contributed by atoms with van der Waals surface area (Å²) in [6.45, 7) is 3.58. The summed E-state index contributed by atoms with van der Waals surface area (Å²) in [5, 5.41) is 10.0. The number of rotatable bonds is 5. The molecule has 0 aliphatic carbocycles. The van der Waals surface area contributed by atoms with Crippen LogP contribution in [0, 0.1) is 6.92 Å². The second kappa shape index (κ2) is 7.24. The molecule has 0 aliphatic heterocycles. The third-order valence-electron chi connectivity index (χ3n) is 3.79. The van der Waals surface area contributed by atoms with E-state index in [1.165, 1.54) is 27.8 Å². The molecule has 130 valence electrons. The molecule has 0 radical (unpaired) electrons. The van der Waals surface area contributed by atoms with E-state index in [4.69, 9.17) is 0 Å². The predicted molar refractivity (Wildman–Crippen MR) is 99.6 cm³/mol. The van der Waals surface area contributed by atoms with Gasteiger partial charge < -0.3 is 5.32 Å². The van der Waals surface area contributed by atoms with E-state index >= 15 is 0 Å². The Morgan fingerprint density at radius 3 is 2.68 bits per heavy atom. The molecule has 0 bridgehead atoms. The monoisotopic (exact) mass is 375 g/mol. The number of hydrogen-bond donors (Lipinski definition) is 1. The molecule has 0 saturated heterocycles. The van der Waals surface area contributed by atoms with Crippen LogP contribution < -0.4 is 10.9 Å². The first kappa shape index (κ1) is 17.4. The molecule has 0 fully saturated rings. The molecule has 25 heavy (non-hydrogen) atoms. The second-order valence-corrected chi connectivity index (χ2v) is 7.81. The minimum absolute atomic E-state index is 0.244. The number of nitrogens with one attached hydrogen (secondary N) is 1. The first-order valence-electron chi connectivity index (χ1n) is 7.56. The van der Waals surface area contributed by atoms with Gasteiger partial charge >= 0.3 is 0 Å². The molecule has 7 nitrogen and oxygen atoms in total. The highest BCUT2D eigenvalue weighted by atomic mass is 32.2. The van der Waals surface area contributed by atoms with Gasteiger partial charge in [0, 0.05) is 7.05 Å². The molecule has 2 heterocycles. The predicted octanol–water partition coefficient (Wildman–Crippen LogP) is 2.46. The van der Waals surface area contributed by atoms with Gasteiger partial charge in [0.25, 0.3) is 5.56 Å². The fourth-order valence-corrected chi connectivity index (χ4v) is 3.98. The van der Waals surface area contributed by atoms with Gasteiger partial charge in [0.05, 0.1) is 16.6 Å². The van der Waals surface area contributed by atoms with Crippen molar-refractivity contribution in [1.29, 1.82) is 0 Å². The van der Waals surface area contributed by atoms with Crippen molar-refractivity contribution >= 4 is 34.7 Å². The number of nitrogens with zero attached hydrogens (tertiary/aromatic N) is 4. The first-order valence-corrected chi connectivity index (χ1v) is 9.32. The van der Waals surface area contributed by atoms with Gasteiger partial charge in [-0.15, -0.1) is 10.2 Å². The molecular formula is C16H17N5O2S2. The minimum Gasteiger partial charge on any atom is -0.319 e. The average molecular weight is 375 g/mol. The number of para-hydroxylation sites is 1. The lowest BCUT2D eigenvalue weighted by molar-refractivity contribution is -0.115. The van der Waals surface area contributed by atoms with Gasteiger partial charge in [0.2, 0.25) is 5.91 Å². The quantitative estimate of drug-likeness (QED) is 0.693. The molecule has 1 atom stereocenters. The fraction of sp³-hybridized carbons (Fsp3) is 0.250. The van der Waals surface area contributed by atoms with Crippen LogP contribution in [0.5, 0.6) is 0 Å². The second-order valence-electron chi connectivity index (χ2n) is 5.39. The van der Waals surface area contributed by atoms with Crippen molar-refractivity contribution in [2.75, 3.05) is 5.32 Å². The molecule has 2 aromatic heterocycles. The summed E-state index contributed by atoms with van der Waals surface area (Å²) in [5.74, 6) is -0.244. The van der Waals surface area contributed by atoms with Crippen molar-refractivity contribution in [2.45, 2.75) is 23.4 Å².